The maximum Gasteiger partial charge on any atom is 0.339 e. The van der Waals surface area contributed by atoms with Gasteiger partial charge >= 0.3 is 5.97 Å². The second-order valence-electron chi connectivity index (χ2n) is 5.96. The van der Waals surface area contributed by atoms with Crippen molar-refractivity contribution in [1.29, 1.82) is 0 Å². The van der Waals surface area contributed by atoms with E-state index in [4.69, 9.17) is 4.74 Å². The van der Waals surface area contributed by atoms with Gasteiger partial charge in [0.25, 0.3) is 0 Å². The second kappa shape index (κ2) is 4.50. The number of rotatable bonds is 1. The zero-order chi connectivity index (χ0) is 15.3. The minimum atomic E-state index is -0.539. The molecule has 2 unspecified atom stereocenters. The first-order chi connectivity index (χ1) is 10.6. The van der Waals surface area contributed by atoms with Crippen LogP contribution in [-0.4, -0.2) is 36.4 Å². The van der Waals surface area contributed by atoms with Gasteiger partial charge in [0, 0.05) is 30.4 Å². The third-order valence-corrected chi connectivity index (χ3v) is 4.83. The summed E-state index contributed by atoms with van der Waals surface area (Å²) in [6, 6.07) is 1.79. The summed E-state index contributed by atoms with van der Waals surface area (Å²) in [6.07, 6.45) is 8.14. The monoisotopic (exact) mass is 297 g/mol. The fourth-order valence-corrected chi connectivity index (χ4v) is 3.73. The molecule has 1 aromatic rings. The van der Waals surface area contributed by atoms with Crippen molar-refractivity contribution in [2.75, 3.05) is 7.11 Å². The largest absolute Gasteiger partial charge is 0.465 e. The lowest BCUT2D eigenvalue weighted by molar-refractivity contribution is -0.128. The molecule has 1 spiro atoms. The molecule has 1 fully saturated rings. The number of pyridine rings is 1. The van der Waals surface area contributed by atoms with Crippen LogP contribution in [0.4, 0.5) is 0 Å². The number of aromatic nitrogens is 1. The minimum absolute atomic E-state index is 0.0174. The Kier molecular flexibility index (Phi) is 2.69. The van der Waals surface area contributed by atoms with Crippen LogP contribution in [0.1, 0.15) is 21.6 Å². The summed E-state index contributed by atoms with van der Waals surface area (Å²) < 4.78 is 4.73. The Balaban J connectivity index is 1.72. The number of nitrogens with one attached hydrogen (secondary N) is 1. The molecule has 1 saturated heterocycles. The van der Waals surface area contributed by atoms with E-state index in [2.05, 4.69) is 15.3 Å². The third kappa shape index (κ3) is 1.66. The first-order valence-electron chi connectivity index (χ1n) is 7.21. The van der Waals surface area contributed by atoms with Gasteiger partial charge in [-0.05, 0) is 24.1 Å². The number of methoxy groups -OCH3 is 1. The van der Waals surface area contributed by atoms with E-state index >= 15 is 0 Å². The normalized spacial score (nSPS) is 31.0. The van der Waals surface area contributed by atoms with Crippen molar-refractivity contribution in [3.8, 4) is 0 Å². The van der Waals surface area contributed by atoms with Gasteiger partial charge < -0.3 is 10.1 Å². The van der Waals surface area contributed by atoms with Gasteiger partial charge in [0.1, 0.15) is 6.17 Å². The molecule has 112 valence electrons. The summed E-state index contributed by atoms with van der Waals surface area (Å²) in [6.45, 7) is 0. The smallest absolute Gasteiger partial charge is 0.339 e. The van der Waals surface area contributed by atoms with E-state index in [9.17, 15) is 9.59 Å². The lowest BCUT2D eigenvalue weighted by Crippen LogP contribution is -2.35. The number of hydrogen-bond acceptors (Lipinski definition) is 5. The number of dihydropyridines is 1. The predicted octanol–water partition coefficient (Wildman–Crippen LogP) is 0.666. The van der Waals surface area contributed by atoms with Gasteiger partial charge in [0.2, 0.25) is 5.91 Å². The van der Waals surface area contributed by atoms with Crippen LogP contribution in [0.3, 0.4) is 0 Å². The van der Waals surface area contributed by atoms with Crippen LogP contribution in [0.15, 0.2) is 29.4 Å². The van der Waals surface area contributed by atoms with E-state index in [1.807, 2.05) is 12.2 Å². The van der Waals surface area contributed by atoms with Gasteiger partial charge in [0.15, 0.2) is 0 Å². The molecular formula is C16H15N3O3. The van der Waals surface area contributed by atoms with Crippen LogP contribution in [-0.2, 0) is 22.4 Å². The van der Waals surface area contributed by atoms with Gasteiger partial charge in [-0.1, -0.05) is 6.08 Å². The van der Waals surface area contributed by atoms with Gasteiger partial charge in [-0.15, -0.1) is 0 Å². The number of aliphatic imine (C=N–C) groups is 1. The van der Waals surface area contributed by atoms with Crippen molar-refractivity contribution < 1.29 is 14.3 Å². The van der Waals surface area contributed by atoms with E-state index in [0.29, 0.717) is 18.4 Å². The number of ether oxygens (including phenoxy) is 1. The molecular weight excluding hydrogens is 282 g/mol. The summed E-state index contributed by atoms with van der Waals surface area (Å²) in [4.78, 5) is 32.9. The Morgan fingerprint density at radius 1 is 1.45 bits per heavy atom. The standard InChI is InChI=1S/C16H15N3O3/c1-22-14(20)10-5-9-6-16(7-12(9)18-8-10)11-3-2-4-17-13(11)19-15(16)21/h2-5,8,11,13H,6-7H2,1H3,(H,19,21)/t11-,13?,16?/m0/s1. The topological polar surface area (TPSA) is 80.6 Å². The lowest BCUT2D eigenvalue weighted by Gasteiger charge is -2.27. The quantitative estimate of drug-likeness (QED) is 0.772. The zero-order valence-corrected chi connectivity index (χ0v) is 12.1. The molecule has 1 aliphatic carbocycles. The Labute approximate surface area is 127 Å². The lowest BCUT2D eigenvalue weighted by atomic mass is 9.73. The molecule has 1 aromatic heterocycles. The Morgan fingerprint density at radius 2 is 2.32 bits per heavy atom. The molecule has 1 N–H and O–H groups in total. The summed E-state index contributed by atoms with van der Waals surface area (Å²) in [5.74, 6) is -0.364. The number of nitrogens with zero attached hydrogens (tertiary/aromatic N) is 2. The number of hydrogen-bond donors (Lipinski definition) is 1. The van der Waals surface area contributed by atoms with E-state index in [1.165, 1.54) is 13.3 Å². The summed E-state index contributed by atoms with van der Waals surface area (Å²) in [7, 11) is 1.34. The van der Waals surface area contributed by atoms with E-state index < -0.39 is 11.4 Å². The molecule has 3 atom stereocenters. The van der Waals surface area contributed by atoms with Crippen LogP contribution in [0, 0.1) is 11.3 Å². The summed E-state index contributed by atoms with van der Waals surface area (Å²) in [5, 5.41) is 2.96. The third-order valence-electron chi connectivity index (χ3n) is 4.83. The van der Waals surface area contributed by atoms with Gasteiger partial charge in [-0.3, -0.25) is 14.8 Å². The molecule has 0 aromatic carbocycles. The molecule has 1 amide bonds. The van der Waals surface area contributed by atoms with Crippen molar-refractivity contribution in [3.63, 3.8) is 0 Å². The van der Waals surface area contributed by atoms with Crippen molar-refractivity contribution >= 4 is 18.1 Å². The van der Waals surface area contributed by atoms with Crippen LogP contribution in [0.25, 0.3) is 0 Å². The molecule has 6 heteroatoms. The Bertz CT molecular complexity index is 740. The summed E-state index contributed by atoms with van der Waals surface area (Å²) in [5.41, 5.74) is 1.71. The van der Waals surface area contributed by atoms with Crippen molar-refractivity contribution in [3.05, 3.63) is 41.2 Å². The molecule has 0 bridgehead atoms. The average Bonchev–Trinajstić information content (AvgIpc) is 3.05. The van der Waals surface area contributed by atoms with Crippen LogP contribution in [0.2, 0.25) is 0 Å². The molecule has 0 saturated carbocycles. The molecule has 3 aliphatic rings. The van der Waals surface area contributed by atoms with Crippen molar-refractivity contribution in [2.24, 2.45) is 16.3 Å². The Hall–Kier alpha value is -2.50. The van der Waals surface area contributed by atoms with E-state index in [-0.39, 0.29) is 18.0 Å². The number of amides is 1. The van der Waals surface area contributed by atoms with Gasteiger partial charge in [-0.2, -0.15) is 0 Å². The molecule has 2 aliphatic heterocycles. The number of carbonyl (C=O) groups is 2. The fraction of sp³-hybridized carbons (Fsp3) is 0.375. The van der Waals surface area contributed by atoms with Gasteiger partial charge in [0.05, 0.1) is 18.1 Å². The highest BCUT2D eigenvalue weighted by atomic mass is 16.5. The number of carbonyl (C=O) groups excluding carboxylic acids is 2. The predicted molar refractivity (Wildman–Crippen MR) is 78.5 cm³/mol. The van der Waals surface area contributed by atoms with Gasteiger partial charge in [-0.25, -0.2) is 4.79 Å². The van der Waals surface area contributed by atoms with Crippen LogP contribution < -0.4 is 5.32 Å². The van der Waals surface area contributed by atoms with E-state index in [1.54, 1.807) is 12.3 Å². The van der Waals surface area contributed by atoms with E-state index in [0.717, 1.165) is 11.3 Å². The molecule has 22 heavy (non-hydrogen) atoms. The van der Waals surface area contributed by atoms with Crippen LogP contribution in [0.5, 0.6) is 0 Å². The van der Waals surface area contributed by atoms with Crippen molar-refractivity contribution in [1.82, 2.24) is 10.3 Å². The maximum atomic E-state index is 12.6. The molecule has 6 nitrogen and oxygen atoms in total. The SMILES string of the molecule is COC(=O)c1cnc2c(c1)CC1(C2)C(=O)NC2N=CC=C[C@@H]21. The zero-order valence-electron chi connectivity index (χ0n) is 12.1. The number of allylic oxidation sites excluding steroid dienone is 1. The molecule has 4 rings (SSSR count). The van der Waals surface area contributed by atoms with Crippen molar-refractivity contribution in [2.45, 2.75) is 19.0 Å². The molecule has 0 radical (unpaired) electrons. The first kappa shape index (κ1) is 13.2. The average molecular weight is 297 g/mol. The highest BCUT2D eigenvalue weighted by Gasteiger charge is 2.57. The second-order valence-corrected chi connectivity index (χ2v) is 5.96. The number of esters is 1. The maximum absolute atomic E-state index is 12.6. The fourth-order valence-electron chi connectivity index (χ4n) is 3.73. The highest BCUT2D eigenvalue weighted by molar-refractivity contribution is 5.91. The Morgan fingerprint density at radius 3 is 3.14 bits per heavy atom. The molecule has 3 heterocycles. The minimum Gasteiger partial charge on any atom is -0.465 e. The first-order valence-corrected chi connectivity index (χ1v) is 7.21. The van der Waals surface area contributed by atoms with Crippen LogP contribution >= 0.6 is 0 Å². The number of fused-ring (bicyclic) bond motifs is 3. The summed E-state index contributed by atoms with van der Waals surface area (Å²) >= 11 is 0. The highest BCUT2D eigenvalue weighted by Crippen LogP contribution is 2.48.